The van der Waals surface area contributed by atoms with Crippen LogP contribution in [0.4, 0.5) is 0 Å². The van der Waals surface area contributed by atoms with Crippen LogP contribution in [0.2, 0.25) is 0 Å². The summed E-state index contributed by atoms with van der Waals surface area (Å²) in [5.74, 6) is -1.27. The molecule has 38 heavy (non-hydrogen) atoms. The van der Waals surface area contributed by atoms with Gasteiger partial charge in [0.15, 0.2) is 0 Å². The third kappa shape index (κ3) is 5.47. The molecule has 3 aromatic carbocycles. The number of aromatic amines is 1. The number of carboxylic acid groups (broad SMARTS) is 1. The lowest BCUT2D eigenvalue weighted by Gasteiger charge is -2.08. The van der Waals surface area contributed by atoms with E-state index in [0.717, 1.165) is 35.4 Å². The number of carboxylic acids is 1. The van der Waals surface area contributed by atoms with Crippen LogP contribution in [-0.4, -0.2) is 45.2 Å². The standard InChI is InChI=1S/C27H24N4O3.C2H4O2/c1-34-27(33)18-11-12-23-20(15-18)21(16-31(23)14-6-13-28)25-26(32)29-22-10-5-9-19(24(22)30-25)17-7-3-2-4-8-17;1-2(3)4/h2-5,7-12,15-16H,6,13-14,28H2,1H3,(H,29,32);1H3,(H,3,4). The second-order valence-corrected chi connectivity index (χ2v) is 8.60. The van der Waals surface area contributed by atoms with Gasteiger partial charge in [-0.15, -0.1) is 0 Å². The highest BCUT2D eigenvalue weighted by Gasteiger charge is 2.18. The zero-order valence-electron chi connectivity index (χ0n) is 21.1. The second-order valence-electron chi connectivity index (χ2n) is 8.60. The third-order valence-electron chi connectivity index (χ3n) is 5.97. The number of nitrogens with zero attached hydrogens (tertiary/aromatic N) is 2. The first-order chi connectivity index (χ1) is 18.3. The van der Waals surface area contributed by atoms with Crippen molar-refractivity contribution in [2.75, 3.05) is 13.7 Å². The summed E-state index contributed by atoms with van der Waals surface area (Å²) >= 11 is 0. The molecule has 5 rings (SSSR count). The molecular formula is C29H28N4O5. The molecule has 0 aliphatic rings. The Hall–Kier alpha value is -4.76. The number of carbonyl (C=O) groups is 2. The van der Waals surface area contributed by atoms with Crippen LogP contribution < -0.4 is 11.3 Å². The molecule has 4 N–H and O–H groups in total. The molecule has 0 unspecified atom stereocenters. The van der Waals surface area contributed by atoms with Crippen LogP contribution >= 0.6 is 0 Å². The molecule has 0 saturated heterocycles. The highest BCUT2D eigenvalue weighted by Crippen LogP contribution is 2.32. The highest BCUT2D eigenvalue weighted by atomic mass is 16.5. The average Bonchev–Trinajstić information content (AvgIpc) is 3.28. The molecule has 9 heteroatoms. The van der Waals surface area contributed by atoms with Crippen molar-refractivity contribution in [3.63, 3.8) is 0 Å². The van der Waals surface area contributed by atoms with E-state index >= 15 is 0 Å². The van der Waals surface area contributed by atoms with Crippen molar-refractivity contribution in [1.29, 1.82) is 0 Å². The number of nitrogens with two attached hydrogens (primary N) is 1. The fourth-order valence-corrected chi connectivity index (χ4v) is 4.32. The fourth-order valence-electron chi connectivity index (χ4n) is 4.32. The van der Waals surface area contributed by atoms with E-state index < -0.39 is 11.9 Å². The van der Waals surface area contributed by atoms with Crippen LogP contribution in [0.3, 0.4) is 0 Å². The number of aromatic nitrogens is 3. The summed E-state index contributed by atoms with van der Waals surface area (Å²) in [5.41, 5.74) is 11.0. The maximum absolute atomic E-state index is 13.2. The zero-order valence-corrected chi connectivity index (χ0v) is 21.1. The van der Waals surface area contributed by atoms with Gasteiger partial charge < -0.3 is 25.1 Å². The number of carbonyl (C=O) groups excluding carboxylic acids is 1. The van der Waals surface area contributed by atoms with Crippen LogP contribution in [0.1, 0.15) is 23.7 Å². The van der Waals surface area contributed by atoms with Gasteiger partial charge in [-0.3, -0.25) is 9.59 Å². The van der Waals surface area contributed by atoms with Gasteiger partial charge in [-0.05, 0) is 42.8 Å². The molecule has 0 fully saturated rings. The minimum atomic E-state index is -0.833. The van der Waals surface area contributed by atoms with E-state index in [-0.39, 0.29) is 5.56 Å². The van der Waals surface area contributed by atoms with Gasteiger partial charge in [0.25, 0.3) is 11.5 Å². The summed E-state index contributed by atoms with van der Waals surface area (Å²) in [5, 5.41) is 8.18. The Kier molecular flexibility index (Phi) is 7.98. The number of para-hydroxylation sites is 1. The minimum absolute atomic E-state index is 0.293. The summed E-state index contributed by atoms with van der Waals surface area (Å²) in [4.78, 5) is 42.2. The topological polar surface area (TPSA) is 140 Å². The van der Waals surface area contributed by atoms with E-state index in [1.807, 2.05) is 65.4 Å². The number of aliphatic carboxylic acids is 1. The Morgan fingerprint density at radius 3 is 2.47 bits per heavy atom. The predicted octanol–water partition coefficient (Wildman–Crippen LogP) is 4.44. The summed E-state index contributed by atoms with van der Waals surface area (Å²) in [6.45, 7) is 2.32. The number of aryl methyl sites for hydroxylation is 1. The molecular weight excluding hydrogens is 484 g/mol. The van der Waals surface area contributed by atoms with Crippen molar-refractivity contribution >= 4 is 33.9 Å². The van der Waals surface area contributed by atoms with Crippen molar-refractivity contribution in [2.24, 2.45) is 5.73 Å². The summed E-state index contributed by atoms with van der Waals surface area (Å²) in [6, 6.07) is 21.0. The summed E-state index contributed by atoms with van der Waals surface area (Å²) in [6.07, 6.45) is 2.69. The molecule has 9 nitrogen and oxygen atoms in total. The van der Waals surface area contributed by atoms with E-state index in [1.54, 1.807) is 12.1 Å². The number of benzene rings is 3. The first-order valence-electron chi connectivity index (χ1n) is 12.0. The van der Waals surface area contributed by atoms with Gasteiger partial charge in [0.1, 0.15) is 5.69 Å². The van der Waals surface area contributed by atoms with Crippen LogP contribution in [0.25, 0.3) is 44.3 Å². The number of methoxy groups -OCH3 is 1. The third-order valence-corrected chi connectivity index (χ3v) is 5.97. The lowest BCUT2D eigenvalue weighted by Crippen LogP contribution is -2.12. The Morgan fingerprint density at radius 2 is 1.79 bits per heavy atom. The Morgan fingerprint density at radius 1 is 1.05 bits per heavy atom. The number of nitrogens with one attached hydrogen (secondary N) is 1. The van der Waals surface area contributed by atoms with E-state index in [9.17, 15) is 9.59 Å². The number of H-pyrrole nitrogens is 1. The maximum Gasteiger partial charge on any atom is 0.337 e. The largest absolute Gasteiger partial charge is 0.481 e. The molecule has 0 radical (unpaired) electrons. The van der Waals surface area contributed by atoms with Crippen molar-refractivity contribution in [3.05, 3.63) is 88.8 Å². The van der Waals surface area contributed by atoms with E-state index in [1.165, 1.54) is 7.11 Å². The maximum atomic E-state index is 13.2. The molecule has 5 aromatic rings. The molecule has 194 valence electrons. The summed E-state index contributed by atoms with van der Waals surface area (Å²) in [7, 11) is 1.35. The number of hydrogen-bond acceptors (Lipinski definition) is 6. The average molecular weight is 513 g/mol. The van der Waals surface area contributed by atoms with Gasteiger partial charge in [-0.25, -0.2) is 9.78 Å². The minimum Gasteiger partial charge on any atom is -0.481 e. The fraction of sp³-hybridized carbons (Fsp3) is 0.172. The van der Waals surface area contributed by atoms with Gasteiger partial charge >= 0.3 is 5.97 Å². The second kappa shape index (κ2) is 11.5. The molecule has 0 amide bonds. The van der Waals surface area contributed by atoms with Crippen LogP contribution in [0, 0.1) is 0 Å². The lowest BCUT2D eigenvalue weighted by atomic mass is 10.0. The highest BCUT2D eigenvalue weighted by molar-refractivity contribution is 6.01. The van der Waals surface area contributed by atoms with Crippen molar-refractivity contribution in [3.8, 4) is 22.4 Å². The number of hydrogen-bond donors (Lipinski definition) is 3. The Balaban J connectivity index is 0.000000786. The van der Waals surface area contributed by atoms with E-state index in [4.69, 9.17) is 25.4 Å². The lowest BCUT2D eigenvalue weighted by molar-refractivity contribution is -0.134. The predicted molar refractivity (Wildman–Crippen MR) is 147 cm³/mol. The smallest absolute Gasteiger partial charge is 0.337 e. The number of ether oxygens (including phenoxy) is 1. The van der Waals surface area contributed by atoms with E-state index in [2.05, 4.69) is 4.98 Å². The zero-order chi connectivity index (χ0) is 27.2. The molecule has 2 heterocycles. The number of fused-ring (bicyclic) bond motifs is 2. The Labute approximate surface area is 218 Å². The monoisotopic (exact) mass is 512 g/mol. The normalized spacial score (nSPS) is 10.7. The van der Waals surface area contributed by atoms with Gasteiger partial charge in [0.2, 0.25) is 0 Å². The molecule has 2 aromatic heterocycles. The van der Waals surface area contributed by atoms with Crippen LogP contribution in [0.15, 0.2) is 77.7 Å². The van der Waals surface area contributed by atoms with Crippen LogP contribution in [0.5, 0.6) is 0 Å². The van der Waals surface area contributed by atoms with Crippen molar-refractivity contribution in [2.45, 2.75) is 19.9 Å². The molecule has 0 saturated carbocycles. The van der Waals surface area contributed by atoms with Crippen molar-refractivity contribution < 1.29 is 19.4 Å². The first-order valence-corrected chi connectivity index (χ1v) is 12.0. The number of rotatable bonds is 6. The molecule has 0 aliphatic carbocycles. The van der Waals surface area contributed by atoms with Crippen LogP contribution in [-0.2, 0) is 16.1 Å². The molecule has 0 bridgehead atoms. The quantitative estimate of drug-likeness (QED) is 0.286. The number of esters is 1. The Bertz CT molecular complexity index is 1670. The van der Waals surface area contributed by atoms with Crippen molar-refractivity contribution in [1.82, 2.24) is 14.5 Å². The van der Waals surface area contributed by atoms with Gasteiger partial charge in [0.05, 0.1) is 23.7 Å². The molecule has 0 aliphatic heterocycles. The first kappa shape index (κ1) is 26.3. The van der Waals surface area contributed by atoms with Gasteiger partial charge in [-0.2, -0.15) is 0 Å². The van der Waals surface area contributed by atoms with Gasteiger partial charge in [-0.1, -0.05) is 42.5 Å². The molecule has 0 spiro atoms. The van der Waals surface area contributed by atoms with E-state index in [0.29, 0.717) is 40.9 Å². The van der Waals surface area contributed by atoms with Gasteiger partial charge in [0, 0.05) is 41.7 Å². The SMILES string of the molecule is CC(=O)O.COC(=O)c1ccc2c(c1)c(-c1nc3c(-c4ccccc4)cccc3[nH]c1=O)cn2CCCN. The summed E-state index contributed by atoms with van der Waals surface area (Å²) < 4.78 is 6.95. The molecule has 0 atom stereocenters.